The van der Waals surface area contributed by atoms with Crippen LogP contribution in [0.5, 0.6) is 0 Å². The molecule has 2 rings (SSSR count). The van der Waals surface area contributed by atoms with Gasteiger partial charge in [0.05, 0.1) is 6.61 Å². The molecule has 0 spiro atoms. The van der Waals surface area contributed by atoms with E-state index in [-0.39, 0.29) is 24.9 Å². The summed E-state index contributed by atoms with van der Waals surface area (Å²) in [5, 5.41) is 10.1. The van der Waals surface area contributed by atoms with E-state index in [0.717, 1.165) is 0 Å². The zero-order valence-corrected chi connectivity index (χ0v) is 14.1. The number of ether oxygens (including phenoxy) is 1. The van der Waals surface area contributed by atoms with Crippen LogP contribution in [-0.4, -0.2) is 54.2 Å². The van der Waals surface area contributed by atoms with Gasteiger partial charge in [0.15, 0.2) is 0 Å². The number of amides is 1. The second kappa shape index (κ2) is 8.68. The van der Waals surface area contributed by atoms with E-state index in [1.165, 1.54) is 0 Å². The molecule has 0 bridgehead atoms. The van der Waals surface area contributed by atoms with Crippen LogP contribution in [0, 0.1) is 0 Å². The standard InChI is InChI=1S/C14H21F3N4O2.ClH/c1-11(9-23-10-14(15,16)17)20-12(22)13(3-6-18-7-4-13)21-8-2-5-19-21;/h2,5,8,11,18H,3-4,6-7,9-10H2,1H3,(H,20,22);1H. The Morgan fingerprint density at radius 1 is 1.46 bits per heavy atom. The fourth-order valence-electron chi connectivity index (χ4n) is 2.67. The highest BCUT2D eigenvalue weighted by molar-refractivity contribution is 5.85. The van der Waals surface area contributed by atoms with Crippen molar-refractivity contribution in [1.82, 2.24) is 20.4 Å². The summed E-state index contributed by atoms with van der Waals surface area (Å²) in [5.74, 6) is -0.245. The number of aromatic nitrogens is 2. The predicted octanol–water partition coefficient (Wildman–Crippen LogP) is 1.47. The van der Waals surface area contributed by atoms with Gasteiger partial charge in [-0.3, -0.25) is 9.48 Å². The van der Waals surface area contributed by atoms with Gasteiger partial charge in [-0.25, -0.2) is 0 Å². The van der Waals surface area contributed by atoms with Gasteiger partial charge in [0.25, 0.3) is 0 Å². The van der Waals surface area contributed by atoms with E-state index in [4.69, 9.17) is 0 Å². The third-order valence-electron chi connectivity index (χ3n) is 3.81. The molecule has 24 heavy (non-hydrogen) atoms. The van der Waals surface area contributed by atoms with Crippen molar-refractivity contribution in [3.8, 4) is 0 Å². The first-order valence-electron chi connectivity index (χ1n) is 7.50. The number of rotatable bonds is 6. The van der Waals surface area contributed by atoms with Gasteiger partial charge in [-0.1, -0.05) is 0 Å². The fraction of sp³-hybridized carbons (Fsp3) is 0.714. The molecule has 1 aliphatic rings. The summed E-state index contributed by atoms with van der Waals surface area (Å²) in [5.41, 5.74) is -0.812. The topological polar surface area (TPSA) is 68.2 Å². The molecule has 10 heteroatoms. The van der Waals surface area contributed by atoms with Crippen molar-refractivity contribution in [3.63, 3.8) is 0 Å². The Labute approximate surface area is 144 Å². The lowest BCUT2D eigenvalue weighted by Gasteiger charge is -2.37. The van der Waals surface area contributed by atoms with Gasteiger partial charge in [-0.05, 0) is 38.9 Å². The number of halogens is 4. The quantitative estimate of drug-likeness (QED) is 0.795. The van der Waals surface area contributed by atoms with E-state index in [1.54, 1.807) is 30.1 Å². The summed E-state index contributed by atoms with van der Waals surface area (Å²) in [7, 11) is 0. The zero-order valence-electron chi connectivity index (χ0n) is 13.3. The van der Waals surface area contributed by atoms with Gasteiger partial charge in [0, 0.05) is 18.4 Å². The van der Waals surface area contributed by atoms with Crippen molar-refractivity contribution in [2.75, 3.05) is 26.3 Å². The smallest absolute Gasteiger partial charge is 0.370 e. The summed E-state index contributed by atoms with van der Waals surface area (Å²) in [6.07, 6.45) is 0.102. The lowest BCUT2D eigenvalue weighted by Crippen LogP contribution is -2.56. The molecular formula is C14H22ClF3N4O2. The van der Waals surface area contributed by atoms with Crippen LogP contribution in [0.3, 0.4) is 0 Å². The van der Waals surface area contributed by atoms with Crippen molar-refractivity contribution < 1.29 is 22.7 Å². The SMILES string of the molecule is CC(COCC(F)(F)F)NC(=O)C1(n2cccn2)CCNCC1.Cl. The maximum absolute atomic E-state index is 12.7. The Balaban J connectivity index is 0.00000288. The molecule has 1 saturated heterocycles. The molecular weight excluding hydrogens is 349 g/mol. The normalized spacial score (nSPS) is 18.5. The van der Waals surface area contributed by atoms with Crippen molar-refractivity contribution in [2.45, 2.75) is 37.5 Å². The van der Waals surface area contributed by atoms with Crippen LogP contribution in [0.4, 0.5) is 13.2 Å². The van der Waals surface area contributed by atoms with Crippen molar-refractivity contribution in [3.05, 3.63) is 18.5 Å². The molecule has 138 valence electrons. The first-order chi connectivity index (χ1) is 10.8. The third-order valence-corrected chi connectivity index (χ3v) is 3.81. The van der Waals surface area contributed by atoms with Crippen molar-refractivity contribution in [1.29, 1.82) is 0 Å². The van der Waals surface area contributed by atoms with Crippen molar-refractivity contribution in [2.24, 2.45) is 0 Å². The summed E-state index contributed by atoms with van der Waals surface area (Å²) in [6.45, 7) is 1.45. The Hall–Kier alpha value is -1.32. The molecule has 2 N–H and O–H groups in total. The number of hydrogen-bond acceptors (Lipinski definition) is 4. The van der Waals surface area contributed by atoms with E-state index in [0.29, 0.717) is 25.9 Å². The van der Waals surface area contributed by atoms with E-state index in [9.17, 15) is 18.0 Å². The summed E-state index contributed by atoms with van der Waals surface area (Å²) >= 11 is 0. The molecule has 0 radical (unpaired) electrons. The maximum atomic E-state index is 12.7. The number of alkyl halides is 3. The summed E-state index contributed by atoms with van der Waals surface area (Å²) < 4.78 is 42.5. The van der Waals surface area contributed by atoms with Crippen LogP contribution in [-0.2, 0) is 15.1 Å². The van der Waals surface area contributed by atoms with E-state index in [2.05, 4.69) is 20.5 Å². The summed E-state index contributed by atoms with van der Waals surface area (Å²) in [6, 6.07) is 1.22. The molecule has 0 aliphatic carbocycles. The van der Waals surface area contributed by atoms with Crippen LogP contribution in [0.15, 0.2) is 18.5 Å². The Bertz CT molecular complexity index is 505. The number of carbonyl (C=O) groups is 1. The number of hydrogen-bond donors (Lipinski definition) is 2. The van der Waals surface area contributed by atoms with E-state index >= 15 is 0 Å². The summed E-state index contributed by atoms with van der Waals surface area (Å²) in [4.78, 5) is 12.7. The molecule has 0 saturated carbocycles. The van der Waals surface area contributed by atoms with E-state index in [1.807, 2.05) is 0 Å². The number of nitrogens with zero attached hydrogens (tertiary/aromatic N) is 2. The Kier molecular flexibility index (Phi) is 7.50. The van der Waals surface area contributed by atoms with Gasteiger partial charge < -0.3 is 15.4 Å². The van der Waals surface area contributed by atoms with Gasteiger partial charge >= 0.3 is 6.18 Å². The minimum atomic E-state index is -4.37. The van der Waals surface area contributed by atoms with Crippen molar-refractivity contribution >= 4 is 18.3 Å². The minimum Gasteiger partial charge on any atom is -0.370 e. The molecule has 1 unspecified atom stereocenters. The molecule has 1 atom stereocenters. The molecule has 1 aliphatic heterocycles. The molecule has 1 aromatic heterocycles. The first-order valence-corrected chi connectivity index (χ1v) is 7.50. The van der Waals surface area contributed by atoms with Crippen LogP contribution >= 0.6 is 12.4 Å². The number of nitrogens with one attached hydrogen (secondary N) is 2. The van der Waals surface area contributed by atoms with Gasteiger partial charge in [0.2, 0.25) is 5.91 Å². The Morgan fingerprint density at radius 2 is 2.12 bits per heavy atom. The number of carbonyl (C=O) groups excluding carboxylic acids is 1. The number of piperidine rings is 1. The predicted molar refractivity (Wildman–Crippen MR) is 84.0 cm³/mol. The fourth-order valence-corrected chi connectivity index (χ4v) is 2.67. The van der Waals surface area contributed by atoms with Crippen LogP contribution in [0.1, 0.15) is 19.8 Å². The average Bonchev–Trinajstić information content (AvgIpc) is 3.01. The van der Waals surface area contributed by atoms with Gasteiger partial charge in [-0.2, -0.15) is 18.3 Å². The Morgan fingerprint density at radius 3 is 2.67 bits per heavy atom. The molecule has 2 heterocycles. The van der Waals surface area contributed by atoms with Crippen LogP contribution in [0.25, 0.3) is 0 Å². The second-order valence-electron chi connectivity index (χ2n) is 5.74. The molecule has 6 nitrogen and oxygen atoms in total. The monoisotopic (exact) mass is 370 g/mol. The minimum absolute atomic E-state index is 0. The largest absolute Gasteiger partial charge is 0.411 e. The van der Waals surface area contributed by atoms with Crippen LogP contribution in [0.2, 0.25) is 0 Å². The highest BCUT2D eigenvalue weighted by Gasteiger charge is 2.42. The van der Waals surface area contributed by atoms with Crippen LogP contribution < -0.4 is 10.6 Å². The second-order valence-corrected chi connectivity index (χ2v) is 5.74. The zero-order chi connectivity index (χ0) is 16.9. The van der Waals surface area contributed by atoms with E-state index < -0.39 is 24.4 Å². The first kappa shape index (κ1) is 20.7. The average molecular weight is 371 g/mol. The van der Waals surface area contributed by atoms with Gasteiger partial charge in [-0.15, -0.1) is 12.4 Å². The lowest BCUT2D eigenvalue weighted by atomic mass is 9.87. The maximum Gasteiger partial charge on any atom is 0.411 e. The highest BCUT2D eigenvalue weighted by Crippen LogP contribution is 2.27. The van der Waals surface area contributed by atoms with Gasteiger partial charge in [0.1, 0.15) is 12.1 Å². The molecule has 1 amide bonds. The third kappa shape index (κ3) is 5.35. The lowest BCUT2D eigenvalue weighted by molar-refractivity contribution is -0.175. The molecule has 1 aromatic rings. The molecule has 0 aromatic carbocycles. The molecule has 1 fully saturated rings. The highest BCUT2D eigenvalue weighted by atomic mass is 35.5.